The Labute approximate surface area is 101 Å². The molecule has 0 bridgehead atoms. The Morgan fingerprint density at radius 3 is 2.65 bits per heavy atom. The molecule has 88 valence electrons. The van der Waals surface area contributed by atoms with Gasteiger partial charge >= 0.3 is 0 Å². The van der Waals surface area contributed by atoms with Crippen molar-refractivity contribution in [3.63, 3.8) is 0 Å². The fraction of sp³-hybridized carbons (Fsp3) is 0.214. The Kier molecular flexibility index (Phi) is 3.70. The van der Waals surface area contributed by atoms with E-state index in [0.717, 1.165) is 29.9 Å². The van der Waals surface area contributed by atoms with Crippen molar-refractivity contribution in [2.45, 2.75) is 13.3 Å². The zero-order valence-electron chi connectivity index (χ0n) is 9.78. The summed E-state index contributed by atoms with van der Waals surface area (Å²) in [5.41, 5.74) is 3.20. The van der Waals surface area contributed by atoms with Crippen LogP contribution in [-0.2, 0) is 6.42 Å². The molecule has 1 aromatic carbocycles. The average Bonchev–Trinajstić information content (AvgIpc) is 2.32. The van der Waals surface area contributed by atoms with Gasteiger partial charge in [0.1, 0.15) is 5.82 Å². The molecule has 1 N–H and O–H groups in total. The monoisotopic (exact) mass is 230 g/mol. The topological polar surface area (TPSA) is 24.9 Å². The first-order chi connectivity index (χ1) is 8.24. The number of benzene rings is 1. The molecule has 17 heavy (non-hydrogen) atoms. The van der Waals surface area contributed by atoms with Gasteiger partial charge in [0.15, 0.2) is 0 Å². The van der Waals surface area contributed by atoms with Gasteiger partial charge in [-0.3, -0.25) is 4.98 Å². The van der Waals surface area contributed by atoms with Crippen molar-refractivity contribution < 1.29 is 4.39 Å². The quantitative estimate of drug-likeness (QED) is 0.872. The van der Waals surface area contributed by atoms with Crippen LogP contribution in [0.15, 0.2) is 42.6 Å². The molecule has 2 rings (SSSR count). The van der Waals surface area contributed by atoms with E-state index in [0.29, 0.717) is 0 Å². The van der Waals surface area contributed by atoms with Crippen LogP contribution in [-0.4, -0.2) is 11.5 Å². The lowest BCUT2D eigenvalue weighted by Crippen LogP contribution is -2.05. The molecule has 0 aliphatic rings. The van der Waals surface area contributed by atoms with Crippen molar-refractivity contribution in [2.75, 3.05) is 11.9 Å². The second-order valence-electron chi connectivity index (χ2n) is 3.99. The zero-order valence-corrected chi connectivity index (χ0v) is 9.78. The van der Waals surface area contributed by atoms with Gasteiger partial charge < -0.3 is 5.32 Å². The van der Waals surface area contributed by atoms with Crippen LogP contribution in [0.4, 0.5) is 10.1 Å². The number of aromatic nitrogens is 1. The molecule has 0 radical (unpaired) electrons. The molecule has 0 saturated carbocycles. The van der Waals surface area contributed by atoms with E-state index in [2.05, 4.69) is 10.3 Å². The molecule has 0 atom stereocenters. The van der Waals surface area contributed by atoms with Gasteiger partial charge in [-0.1, -0.05) is 12.1 Å². The molecule has 0 unspecified atom stereocenters. The molecule has 0 spiro atoms. The third-order valence-electron chi connectivity index (χ3n) is 2.55. The first-order valence-electron chi connectivity index (χ1n) is 5.65. The van der Waals surface area contributed by atoms with Gasteiger partial charge in [-0.25, -0.2) is 4.39 Å². The predicted molar refractivity (Wildman–Crippen MR) is 67.6 cm³/mol. The summed E-state index contributed by atoms with van der Waals surface area (Å²) in [6.07, 6.45) is 2.66. The number of halogens is 1. The second kappa shape index (κ2) is 5.43. The van der Waals surface area contributed by atoms with E-state index in [-0.39, 0.29) is 5.82 Å². The molecule has 1 heterocycles. The Balaban J connectivity index is 1.85. The van der Waals surface area contributed by atoms with E-state index < -0.39 is 0 Å². The van der Waals surface area contributed by atoms with Gasteiger partial charge in [0.25, 0.3) is 0 Å². The summed E-state index contributed by atoms with van der Waals surface area (Å²) in [6, 6.07) is 10.6. The van der Waals surface area contributed by atoms with E-state index in [4.69, 9.17) is 0 Å². The van der Waals surface area contributed by atoms with E-state index in [1.165, 1.54) is 12.1 Å². The Morgan fingerprint density at radius 2 is 1.94 bits per heavy atom. The van der Waals surface area contributed by atoms with Crippen LogP contribution in [0.1, 0.15) is 11.3 Å². The molecular formula is C14H15FN2. The van der Waals surface area contributed by atoms with Crippen LogP contribution in [0, 0.1) is 12.7 Å². The first-order valence-corrected chi connectivity index (χ1v) is 5.65. The lowest BCUT2D eigenvalue weighted by molar-refractivity contribution is 0.627. The number of aryl methyl sites for hydroxylation is 1. The van der Waals surface area contributed by atoms with Crippen molar-refractivity contribution >= 4 is 5.69 Å². The Hall–Kier alpha value is -1.90. The summed E-state index contributed by atoms with van der Waals surface area (Å²) in [6.45, 7) is 2.79. The first kappa shape index (κ1) is 11.6. The van der Waals surface area contributed by atoms with Gasteiger partial charge in [0.05, 0.1) is 0 Å². The third kappa shape index (κ3) is 3.55. The van der Waals surface area contributed by atoms with E-state index in [1.54, 1.807) is 6.20 Å². The summed E-state index contributed by atoms with van der Waals surface area (Å²) in [5.74, 6) is -0.188. The highest BCUT2D eigenvalue weighted by Gasteiger charge is 1.95. The number of hydrogen-bond donors (Lipinski definition) is 1. The van der Waals surface area contributed by atoms with E-state index in [9.17, 15) is 4.39 Å². The molecule has 3 heteroatoms. The molecule has 0 fully saturated rings. The average molecular weight is 230 g/mol. The molecule has 1 aromatic heterocycles. The predicted octanol–water partition coefficient (Wildman–Crippen LogP) is 3.18. The lowest BCUT2D eigenvalue weighted by Gasteiger charge is -2.06. The van der Waals surface area contributed by atoms with Crippen LogP contribution in [0.5, 0.6) is 0 Å². The molecule has 2 nitrogen and oxygen atoms in total. The van der Waals surface area contributed by atoms with Crippen molar-refractivity contribution in [3.05, 3.63) is 59.7 Å². The van der Waals surface area contributed by atoms with Crippen LogP contribution in [0.2, 0.25) is 0 Å². The molecule has 2 aromatic rings. The van der Waals surface area contributed by atoms with Crippen molar-refractivity contribution in [2.24, 2.45) is 0 Å². The normalized spacial score (nSPS) is 10.2. The van der Waals surface area contributed by atoms with Crippen molar-refractivity contribution in [3.8, 4) is 0 Å². The van der Waals surface area contributed by atoms with E-state index in [1.807, 2.05) is 31.2 Å². The van der Waals surface area contributed by atoms with Crippen molar-refractivity contribution in [1.29, 1.82) is 0 Å². The molecular weight excluding hydrogens is 215 g/mol. The number of nitrogens with zero attached hydrogens (tertiary/aromatic N) is 1. The Morgan fingerprint density at radius 1 is 1.18 bits per heavy atom. The minimum absolute atomic E-state index is 0.188. The standard InChI is InChI=1S/C14H15FN2/c1-11-10-14(7-9-16-11)17-8-6-12-2-4-13(15)5-3-12/h2-5,7,9-10H,6,8H2,1H3,(H,16,17). The van der Waals surface area contributed by atoms with Crippen LogP contribution in [0.25, 0.3) is 0 Å². The lowest BCUT2D eigenvalue weighted by atomic mass is 10.1. The number of rotatable bonds is 4. The van der Waals surface area contributed by atoms with Crippen molar-refractivity contribution in [1.82, 2.24) is 4.98 Å². The molecule has 0 saturated heterocycles. The highest BCUT2D eigenvalue weighted by molar-refractivity contribution is 5.43. The van der Waals surface area contributed by atoms with Crippen LogP contribution in [0.3, 0.4) is 0 Å². The minimum Gasteiger partial charge on any atom is -0.385 e. The maximum atomic E-state index is 12.7. The highest BCUT2D eigenvalue weighted by atomic mass is 19.1. The zero-order chi connectivity index (χ0) is 12.1. The summed E-state index contributed by atoms with van der Waals surface area (Å²) < 4.78 is 12.7. The summed E-state index contributed by atoms with van der Waals surface area (Å²) in [5, 5.41) is 3.31. The number of nitrogens with one attached hydrogen (secondary N) is 1. The fourth-order valence-corrected chi connectivity index (χ4v) is 1.66. The number of hydrogen-bond acceptors (Lipinski definition) is 2. The SMILES string of the molecule is Cc1cc(NCCc2ccc(F)cc2)ccn1. The maximum Gasteiger partial charge on any atom is 0.123 e. The minimum atomic E-state index is -0.188. The van der Waals surface area contributed by atoms with Gasteiger partial charge in [-0.15, -0.1) is 0 Å². The van der Waals surface area contributed by atoms with Crippen LogP contribution >= 0.6 is 0 Å². The smallest absolute Gasteiger partial charge is 0.123 e. The summed E-state index contributed by atoms with van der Waals surface area (Å²) >= 11 is 0. The fourth-order valence-electron chi connectivity index (χ4n) is 1.66. The maximum absolute atomic E-state index is 12.7. The summed E-state index contributed by atoms with van der Waals surface area (Å²) in [4.78, 5) is 4.13. The molecule has 0 amide bonds. The summed E-state index contributed by atoms with van der Waals surface area (Å²) in [7, 11) is 0. The molecule has 0 aliphatic carbocycles. The number of pyridine rings is 1. The number of anilines is 1. The van der Waals surface area contributed by atoms with Gasteiger partial charge in [-0.2, -0.15) is 0 Å². The largest absolute Gasteiger partial charge is 0.385 e. The van der Waals surface area contributed by atoms with Gasteiger partial charge in [0, 0.05) is 24.1 Å². The second-order valence-corrected chi connectivity index (χ2v) is 3.99. The highest BCUT2D eigenvalue weighted by Crippen LogP contribution is 2.08. The Bertz CT molecular complexity index is 480. The van der Waals surface area contributed by atoms with Gasteiger partial charge in [0.2, 0.25) is 0 Å². The van der Waals surface area contributed by atoms with Crippen LogP contribution < -0.4 is 5.32 Å². The third-order valence-corrected chi connectivity index (χ3v) is 2.55. The van der Waals surface area contributed by atoms with E-state index >= 15 is 0 Å². The molecule has 0 aliphatic heterocycles. The van der Waals surface area contributed by atoms with Gasteiger partial charge in [-0.05, 0) is 43.2 Å².